The maximum atomic E-state index is 12.5. The zero-order valence-corrected chi connectivity index (χ0v) is 19.3. The van der Waals surface area contributed by atoms with E-state index in [0.717, 1.165) is 41.3 Å². The van der Waals surface area contributed by atoms with Crippen LogP contribution in [0.25, 0.3) is 11.1 Å². The van der Waals surface area contributed by atoms with Crippen LogP contribution in [0, 0.1) is 6.92 Å². The number of nitrogens with zero attached hydrogens (tertiary/aromatic N) is 4. The van der Waals surface area contributed by atoms with Gasteiger partial charge in [-0.15, -0.1) is 0 Å². The highest BCUT2D eigenvalue weighted by atomic mass is 16.2. The molecule has 0 saturated carbocycles. The first kappa shape index (κ1) is 22.5. The number of benzene rings is 1. The van der Waals surface area contributed by atoms with E-state index in [1.54, 1.807) is 19.3 Å². The van der Waals surface area contributed by atoms with Crippen LogP contribution in [-0.2, 0) is 16.0 Å². The van der Waals surface area contributed by atoms with Gasteiger partial charge in [0.2, 0.25) is 11.8 Å². The lowest BCUT2D eigenvalue weighted by atomic mass is 10.0. The van der Waals surface area contributed by atoms with Gasteiger partial charge in [-0.05, 0) is 54.8 Å². The maximum absolute atomic E-state index is 12.5. The summed E-state index contributed by atoms with van der Waals surface area (Å²) in [6.07, 6.45) is 3.78. The molecule has 1 aliphatic heterocycles. The zero-order chi connectivity index (χ0) is 23.4. The summed E-state index contributed by atoms with van der Waals surface area (Å²) in [4.78, 5) is 37.0. The fourth-order valence-corrected chi connectivity index (χ4v) is 4.21. The van der Waals surface area contributed by atoms with E-state index in [1.165, 1.54) is 0 Å². The molecule has 33 heavy (non-hydrogen) atoms. The fourth-order valence-electron chi connectivity index (χ4n) is 4.21. The number of piperazine rings is 1. The molecule has 1 saturated heterocycles. The Morgan fingerprint density at radius 1 is 1.03 bits per heavy atom. The van der Waals surface area contributed by atoms with Crippen molar-refractivity contribution in [2.45, 2.75) is 33.2 Å². The van der Waals surface area contributed by atoms with E-state index in [-0.39, 0.29) is 17.9 Å². The number of hydrogen-bond acceptors (Lipinski definition) is 5. The van der Waals surface area contributed by atoms with Gasteiger partial charge in [0.25, 0.3) is 0 Å². The third kappa shape index (κ3) is 5.55. The lowest BCUT2D eigenvalue weighted by molar-refractivity contribution is -0.131. The molecule has 170 valence electrons. The van der Waals surface area contributed by atoms with E-state index in [0.29, 0.717) is 18.7 Å². The Kier molecular flexibility index (Phi) is 6.68. The lowest BCUT2D eigenvalue weighted by Gasteiger charge is -2.40. The Balaban J connectivity index is 1.32. The molecule has 2 aromatic heterocycles. The summed E-state index contributed by atoms with van der Waals surface area (Å²) in [7, 11) is 0. The molecule has 0 unspecified atom stereocenters. The predicted molar refractivity (Wildman–Crippen MR) is 130 cm³/mol. The first-order chi connectivity index (χ1) is 15.9. The molecule has 1 aliphatic rings. The Labute approximate surface area is 194 Å². The minimum absolute atomic E-state index is 0.0826. The first-order valence-corrected chi connectivity index (χ1v) is 11.2. The van der Waals surface area contributed by atoms with Crippen molar-refractivity contribution in [2.24, 2.45) is 0 Å². The van der Waals surface area contributed by atoms with Crippen LogP contribution in [0.1, 0.15) is 25.1 Å². The molecule has 1 aromatic carbocycles. The summed E-state index contributed by atoms with van der Waals surface area (Å²) < 4.78 is 0. The quantitative estimate of drug-likeness (QED) is 0.651. The first-order valence-electron chi connectivity index (χ1n) is 11.2. The van der Waals surface area contributed by atoms with E-state index in [9.17, 15) is 9.59 Å². The molecule has 3 heterocycles. The Bertz CT molecular complexity index is 1130. The molecule has 7 nitrogen and oxygen atoms in total. The van der Waals surface area contributed by atoms with Crippen molar-refractivity contribution < 1.29 is 9.59 Å². The Morgan fingerprint density at radius 3 is 2.45 bits per heavy atom. The van der Waals surface area contributed by atoms with E-state index in [4.69, 9.17) is 0 Å². The van der Waals surface area contributed by atoms with Crippen LogP contribution in [0.15, 0.2) is 60.9 Å². The van der Waals surface area contributed by atoms with Gasteiger partial charge in [0, 0.05) is 44.5 Å². The molecule has 0 spiro atoms. The molecule has 0 radical (unpaired) electrons. The van der Waals surface area contributed by atoms with E-state index in [1.807, 2.05) is 67.3 Å². The fraction of sp³-hybridized carbons (Fsp3) is 0.308. The molecule has 2 amide bonds. The molecule has 4 rings (SSSR count). The van der Waals surface area contributed by atoms with Gasteiger partial charge in [-0.25, -0.2) is 4.98 Å². The number of carbonyl (C=O) groups excluding carboxylic acids is 2. The molecular formula is C26H29N5O2. The number of rotatable bonds is 5. The standard InChI is InChI=1S/C26H29N5O2/c1-18-14-23(10-11-27-18)22-6-4-21(5-7-22)15-26(33)29-24-8-9-25(28-16-24)30-12-13-31(20(3)32)19(2)17-30/h4-11,14,16,19H,12-13,15,17H2,1-3H3,(H,29,33)/t19-/m1/s1. The smallest absolute Gasteiger partial charge is 0.228 e. The molecule has 3 aromatic rings. The average molecular weight is 444 g/mol. The predicted octanol–water partition coefficient (Wildman–Crippen LogP) is 3.69. The minimum atomic E-state index is -0.0826. The SMILES string of the molecule is CC(=O)N1CCN(c2ccc(NC(=O)Cc3ccc(-c4ccnc(C)c4)cc3)cn2)C[C@H]1C. The third-order valence-corrected chi connectivity index (χ3v) is 5.94. The van der Waals surface area contributed by atoms with E-state index in [2.05, 4.69) is 20.2 Å². The van der Waals surface area contributed by atoms with Crippen molar-refractivity contribution in [3.8, 4) is 11.1 Å². The Hall–Kier alpha value is -3.74. The highest BCUT2D eigenvalue weighted by Gasteiger charge is 2.25. The van der Waals surface area contributed by atoms with E-state index < -0.39 is 0 Å². The molecule has 1 fully saturated rings. The van der Waals surface area contributed by atoms with Crippen LogP contribution in [0.4, 0.5) is 11.5 Å². The largest absolute Gasteiger partial charge is 0.353 e. The van der Waals surface area contributed by atoms with Gasteiger partial charge in [0.1, 0.15) is 5.82 Å². The number of amides is 2. The Morgan fingerprint density at radius 2 is 1.82 bits per heavy atom. The second-order valence-electron chi connectivity index (χ2n) is 8.52. The molecule has 0 bridgehead atoms. The van der Waals surface area contributed by atoms with Gasteiger partial charge in [0.05, 0.1) is 18.3 Å². The van der Waals surface area contributed by atoms with Crippen molar-refractivity contribution in [2.75, 3.05) is 29.9 Å². The van der Waals surface area contributed by atoms with Crippen molar-refractivity contribution in [1.82, 2.24) is 14.9 Å². The van der Waals surface area contributed by atoms with Crippen molar-refractivity contribution in [3.63, 3.8) is 0 Å². The third-order valence-electron chi connectivity index (χ3n) is 5.94. The second kappa shape index (κ2) is 9.81. The molecule has 0 aliphatic carbocycles. The number of pyridine rings is 2. The summed E-state index contributed by atoms with van der Waals surface area (Å²) in [6, 6.07) is 16.0. The highest BCUT2D eigenvalue weighted by molar-refractivity contribution is 5.92. The molecular weight excluding hydrogens is 414 g/mol. The van der Waals surface area contributed by atoms with E-state index >= 15 is 0 Å². The summed E-state index contributed by atoms with van der Waals surface area (Å²) >= 11 is 0. The topological polar surface area (TPSA) is 78.4 Å². The van der Waals surface area contributed by atoms with Crippen LogP contribution >= 0.6 is 0 Å². The van der Waals surface area contributed by atoms with Gasteiger partial charge >= 0.3 is 0 Å². The number of hydrogen-bond donors (Lipinski definition) is 1. The monoisotopic (exact) mass is 443 g/mol. The maximum Gasteiger partial charge on any atom is 0.228 e. The minimum Gasteiger partial charge on any atom is -0.353 e. The van der Waals surface area contributed by atoms with Gasteiger partial charge in [0.15, 0.2) is 0 Å². The molecule has 7 heteroatoms. The van der Waals surface area contributed by atoms with Crippen molar-refractivity contribution in [3.05, 3.63) is 72.2 Å². The lowest BCUT2D eigenvalue weighted by Crippen LogP contribution is -2.53. The van der Waals surface area contributed by atoms with Crippen LogP contribution in [0.3, 0.4) is 0 Å². The van der Waals surface area contributed by atoms with Gasteiger partial charge in [-0.1, -0.05) is 24.3 Å². The molecule has 1 N–H and O–H groups in total. The van der Waals surface area contributed by atoms with Gasteiger partial charge in [-0.3, -0.25) is 14.6 Å². The van der Waals surface area contributed by atoms with Crippen molar-refractivity contribution >= 4 is 23.3 Å². The van der Waals surface area contributed by atoms with Gasteiger partial charge in [-0.2, -0.15) is 0 Å². The summed E-state index contributed by atoms with van der Waals surface area (Å²) in [6.45, 7) is 7.81. The van der Waals surface area contributed by atoms with Crippen molar-refractivity contribution in [1.29, 1.82) is 0 Å². The normalized spacial score (nSPS) is 15.9. The van der Waals surface area contributed by atoms with Gasteiger partial charge < -0.3 is 15.1 Å². The van der Waals surface area contributed by atoms with Crippen LogP contribution < -0.4 is 10.2 Å². The summed E-state index contributed by atoms with van der Waals surface area (Å²) in [5.74, 6) is 0.876. The second-order valence-corrected chi connectivity index (χ2v) is 8.52. The number of aromatic nitrogens is 2. The zero-order valence-electron chi connectivity index (χ0n) is 19.3. The number of aryl methyl sites for hydroxylation is 1. The summed E-state index contributed by atoms with van der Waals surface area (Å²) in [5, 5.41) is 2.92. The van der Waals surface area contributed by atoms with Crippen LogP contribution in [0.5, 0.6) is 0 Å². The number of nitrogens with one attached hydrogen (secondary N) is 1. The number of anilines is 2. The van der Waals surface area contributed by atoms with Crippen LogP contribution in [-0.4, -0.2) is 52.4 Å². The average Bonchev–Trinajstić information content (AvgIpc) is 2.80. The highest BCUT2D eigenvalue weighted by Crippen LogP contribution is 2.21. The van der Waals surface area contributed by atoms with Crippen LogP contribution in [0.2, 0.25) is 0 Å². The summed E-state index contributed by atoms with van der Waals surface area (Å²) in [5.41, 5.74) is 4.81. The number of carbonyl (C=O) groups is 2. The molecule has 1 atom stereocenters.